The van der Waals surface area contributed by atoms with Gasteiger partial charge in [0.25, 0.3) is 0 Å². The van der Waals surface area contributed by atoms with Crippen LogP contribution in [0.2, 0.25) is 0 Å². The van der Waals surface area contributed by atoms with E-state index in [4.69, 9.17) is 4.42 Å². The van der Waals surface area contributed by atoms with E-state index in [9.17, 15) is 4.79 Å². The number of nitrogens with zero attached hydrogens (tertiary/aromatic N) is 1. The predicted octanol–water partition coefficient (Wildman–Crippen LogP) is 2.35. The van der Waals surface area contributed by atoms with Crippen LogP contribution in [-0.2, 0) is 4.79 Å². The van der Waals surface area contributed by atoms with Gasteiger partial charge < -0.3 is 9.73 Å². The van der Waals surface area contributed by atoms with Crippen molar-refractivity contribution >= 4 is 5.91 Å². The highest BCUT2D eigenvalue weighted by Gasteiger charge is 2.22. The summed E-state index contributed by atoms with van der Waals surface area (Å²) in [6.45, 7) is 0.583. The molecule has 1 heterocycles. The Morgan fingerprint density at radius 1 is 1.53 bits per heavy atom. The molecule has 0 unspecified atom stereocenters. The third-order valence-corrected chi connectivity index (χ3v) is 3.60. The number of nitrogens with one attached hydrogen (secondary N) is 1. The molecule has 1 N–H and O–H groups in total. The van der Waals surface area contributed by atoms with Crippen LogP contribution >= 0.6 is 0 Å². The van der Waals surface area contributed by atoms with Gasteiger partial charge in [-0.05, 0) is 45.5 Å². The van der Waals surface area contributed by atoms with Crippen LogP contribution in [0.3, 0.4) is 0 Å². The molecule has 0 aliphatic heterocycles. The maximum absolute atomic E-state index is 12.1. The van der Waals surface area contributed by atoms with Crippen LogP contribution in [0.15, 0.2) is 35.0 Å². The Morgan fingerprint density at radius 2 is 2.37 bits per heavy atom. The zero-order valence-corrected chi connectivity index (χ0v) is 11.6. The molecule has 104 valence electrons. The summed E-state index contributed by atoms with van der Waals surface area (Å²) in [7, 11) is 3.98. The van der Waals surface area contributed by atoms with Crippen LogP contribution in [0, 0.1) is 5.92 Å². The average Bonchev–Trinajstić information content (AvgIpc) is 2.93. The second kappa shape index (κ2) is 6.57. The largest absolute Gasteiger partial charge is 0.468 e. The van der Waals surface area contributed by atoms with Gasteiger partial charge in [-0.25, -0.2) is 0 Å². The topological polar surface area (TPSA) is 45.5 Å². The van der Waals surface area contributed by atoms with E-state index in [1.165, 1.54) is 0 Å². The molecule has 0 radical (unpaired) electrons. The molecule has 0 spiro atoms. The molecule has 0 aromatic carbocycles. The van der Waals surface area contributed by atoms with Crippen molar-refractivity contribution in [1.82, 2.24) is 10.2 Å². The molecule has 1 amide bonds. The Labute approximate surface area is 114 Å². The van der Waals surface area contributed by atoms with Gasteiger partial charge in [0.05, 0.1) is 12.3 Å². The third kappa shape index (κ3) is 3.70. The van der Waals surface area contributed by atoms with Crippen molar-refractivity contribution in [3.8, 4) is 0 Å². The molecule has 4 heteroatoms. The minimum absolute atomic E-state index is 0.0816. The summed E-state index contributed by atoms with van der Waals surface area (Å²) < 4.78 is 5.43. The van der Waals surface area contributed by atoms with Crippen molar-refractivity contribution in [3.63, 3.8) is 0 Å². The number of likely N-dealkylation sites (N-methyl/N-ethyl adjacent to an activating group) is 1. The summed E-state index contributed by atoms with van der Waals surface area (Å²) in [4.78, 5) is 14.2. The molecule has 2 atom stereocenters. The number of carbonyl (C=O) groups is 1. The highest BCUT2D eigenvalue weighted by Crippen LogP contribution is 2.20. The van der Waals surface area contributed by atoms with Crippen LogP contribution in [0.4, 0.5) is 0 Å². The number of hydrogen-bond donors (Lipinski definition) is 1. The molecule has 2 rings (SSSR count). The zero-order chi connectivity index (χ0) is 13.7. The molecule has 0 saturated carbocycles. The molecule has 1 aliphatic carbocycles. The fourth-order valence-electron chi connectivity index (χ4n) is 2.39. The van der Waals surface area contributed by atoms with Crippen LogP contribution in [-0.4, -0.2) is 31.4 Å². The standard InChI is InChI=1S/C15H22N2O2/c1-17(2)13(14-9-6-10-19-14)11-16-15(18)12-7-4-3-5-8-12/h3-4,6,9-10,12-13H,5,7-8,11H2,1-2H3,(H,16,18)/t12-,13+/m0/s1. The Bertz CT molecular complexity index is 423. The summed E-state index contributed by atoms with van der Waals surface area (Å²) in [5, 5.41) is 3.05. The minimum atomic E-state index is 0.0816. The van der Waals surface area contributed by atoms with Crippen molar-refractivity contribution in [2.24, 2.45) is 5.92 Å². The Balaban J connectivity index is 1.88. The van der Waals surface area contributed by atoms with Crippen LogP contribution < -0.4 is 5.32 Å². The van der Waals surface area contributed by atoms with Crippen molar-refractivity contribution in [3.05, 3.63) is 36.3 Å². The molecule has 0 bridgehead atoms. The minimum Gasteiger partial charge on any atom is -0.468 e. The lowest BCUT2D eigenvalue weighted by molar-refractivity contribution is -0.125. The monoisotopic (exact) mass is 262 g/mol. The summed E-state index contributed by atoms with van der Waals surface area (Å²) in [6, 6.07) is 3.90. The van der Waals surface area contributed by atoms with E-state index >= 15 is 0 Å². The number of allylic oxidation sites excluding steroid dienone is 2. The Kier molecular flexibility index (Phi) is 4.80. The van der Waals surface area contributed by atoms with Gasteiger partial charge in [-0.15, -0.1) is 0 Å². The molecule has 1 aliphatic rings. The maximum Gasteiger partial charge on any atom is 0.223 e. The zero-order valence-electron chi connectivity index (χ0n) is 11.6. The summed E-state index contributed by atoms with van der Waals surface area (Å²) >= 11 is 0. The van der Waals surface area contributed by atoms with Gasteiger partial charge in [-0.3, -0.25) is 9.69 Å². The fourth-order valence-corrected chi connectivity index (χ4v) is 2.39. The van der Waals surface area contributed by atoms with Crippen molar-refractivity contribution in [2.75, 3.05) is 20.6 Å². The number of rotatable bonds is 5. The second-order valence-corrected chi connectivity index (χ2v) is 5.22. The molecular weight excluding hydrogens is 240 g/mol. The molecule has 1 aromatic rings. The van der Waals surface area contributed by atoms with Crippen LogP contribution in [0.25, 0.3) is 0 Å². The van der Waals surface area contributed by atoms with Gasteiger partial charge in [0.1, 0.15) is 5.76 Å². The Hall–Kier alpha value is -1.55. The first-order chi connectivity index (χ1) is 9.18. The van der Waals surface area contributed by atoms with Crippen LogP contribution in [0.1, 0.15) is 31.1 Å². The lowest BCUT2D eigenvalue weighted by Gasteiger charge is -2.24. The van der Waals surface area contributed by atoms with E-state index in [0.29, 0.717) is 6.54 Å². The molecule has 1 aromatic heterocycles. The lowest BCUT2D eigenvalue weighted by atomic mass is 9.93. The Morgan fingerprint density at radius 3 is 2.95 bits per heavy atom. The first kappa shape index (κ1) is 13.9. The van der Waals surface area contributed by atoms with Gasteiger partial charge >= 0.3 is 0 Å². The molecule has 19 heavy (non-hydrogen) atoms. The van der Waals surface area contributed by atoms with Gasteiger partial charge in [-0.2, -0.15) is 0 Å². The predicted molar refractivity (Wildman–Crippen MR) is 74.6 cm³/mol. The number of amides is 1. The van der Waals surface area contributed by atoms with Crippen molar-refractivity contribution < 1.29 is 9.21 Å². The first-order valence-electron chi connectivity index (χ1n) is 6.81. The normalized spacial score (nSPS) is 20.5. The highest BCUT2D eigenvalue weighted by molar-refractivity contribution is 5.79. The van der Waals surface area contributed by atoms with Gasteiger partial charge in [0.15, 0.2) is 0 Å². The molecule has 4 nitrogen and oxygen atoms in total. The quantitative estimate of drug-likeness (QED) is 0.829. The van der Waals surface area contributed by atoms with Crippen LogP contribution in [0.5, 0.6) is 0 Å². The van der Waals surface area contributed by atoms with E-state index < -0.39 is 0 Å². The summed E-state index contributed by atoms with van der Waals surface area (Å²) in [5.41, 5.74) is 0. The number of furan rings is 1. The smallest absolute Gasteiger partial charge is 0.223 e. The number of carbonyl (C=O) groups excluding carboxylic acids is 1. The van der Waals surface area contributed by atoms with Gasteiger partial charge in [0, 0.05) is 12.5 Å². The summed E-state index contributed by atoms with van der Waals surface area (Å²) in [5.74, 6) is 1.17. The first-order valence-corrected chi connectivity index (χ1v) is 6.81. The van der Waals surface area contributed by atoms with E-state index in [-0.39, 0.29) is 17.9 Å². The molecule has 0 saturated heterocycles. The van der Waals surface area contributed by atoms with Crippen molar-refractivity contribution in [1.29, 1.82) is 0 Å². The SMILES string of the molecule is CN(C)[C@H](CNC(=O)[C@H]1CC=CCC1)c1ccco1. The van der Waals surface area contributed by atoms with Gasteiger partial charge in [0.2, 0.25) is 5.91 Å². The van der Waals surface area contributed by atoms with Crippen molar-refractivity contribution in [2.45, 2.75) is 25.3 Å². The fraction of sp³-hybridized carbons (Fsp3) is 0.533. The van der Waals surface area contributed by atoms with E-state index in [2.05, 4.69) is 22.4 Å². The maximum atomic E-state index is 12.1. The lowest BCUT2D eigenvalue weighted by Crippen LogP contribution is -2.37. The van der Waals surface area contributed by atoms with Gasteiger partial charge in [-0.1, -0.05) is 12.2 Å². The second-order valence-electron chi connectivity index (χ2n) is 5.22. The van der Waals surface area contributed by atoms with E-state index in [1.807, 2.05) is 26.2 Å². The third-order valence-electron chi connectivity index (χ3n) is 3.60. The highest BCUT2D eigenvalue weighted by atomic mass is 16.3. The summed E-state index contributed by atoms with van der Waals surface area (Å²) in [6.07, 6.45) is 8.74. The molecular formula is C15H22N2O2. The number of hydrogen-bond acceptors (Lipinski definition) is 3. The average molecular weight is 262 g/mol. The van der Waals surface area contributed by atoms with E-state index in [1.54, 1.807) is 6.26 Å². The van der Waals surface area contributed by atoms with E-state index in [0.717, 1.165) is 25.0 Å². The molecule has 0 fully saturated rings.